The molecule has 0 saturated carbocycles. The van der Waals surface area contributed by atoms with Gasteiger partial charge in [-0.1, -0.05) is 0 Å². The summed E-state index contributed by atoms with van der Waals surface area (Å²) in [5.74, 6) is 0. The van der Waals surface area contributed by atoms with Crippen LogP contribution >= 0.6 is 0 Å². The van der Waals surface area contributed by atoms with Crippen molar-refractivity contribution in [3.8, 4) is 0 Å². The lowest BCUT2D eigenvalue weighted by Gasteiger charge is -2.05. The lowest BCUT2D eigenvalue weighted by atomic mass is 10.4. The van der Waals surface area contributed by atoms with Gasteiger partial charge in [-0.25, -0.2) is 4.98 Å². The highest BCUT2D eigenvalue weighted by Gasteiger charge is 2.19. The molecule has 0 amide bonds. The summed E-state index contributed by atoms with van der Waals surface area (Å²) in [5.41, 5.74) is 1.08. The number of imidazole rings is 1. The van der Waals surface area contributed by atoms with E-state index < -0.39 is 10.0 Å². The van der Waals surface area contributed by atoms with Crippen molar-refractivity contribution < 1.29 is 8.42 Å². The molecule has 0 bridgehead atoms. The van der Waals surface area contributed by atoms with Crippen LogP contribution in [0.4, 0.5) is 5.69 Å². The number of anilines is 1. The Morgan fingerprint density at radius 1 is 1.44 bits per heavy atom. The standard InChI is InChI=1S/C10H15N5O2S/c1-7(2)15-5-10(11-6-15)18(16,17)14-9-4-12-13-8(9)3/h4-7,14H,1-3H3,(H,12,13). The Labute approximate surface area is 105 Å². The van der Waals surface area contributed by atoms with E-state index in [2.05, 4.69) is 19.9 Å². The molecule has 98 valence electrons. The van der Waals surface area contributed by atoms with Crippen LogP contribution in [-0.2, 0) is 10.0 Å². The fourth-order valence-corrected chi connectivity index (χ4v) is 2.44. The minimum absolute atomic E-state index is 0.00296. The van der Waals surface area contributed by atoms with Crippen molar-refractivity contribution in [3.05, 3.63) is 24.4 Å². The van der Waals surface area contributed by atoms with Crippen LogP contribution in [0.15, 0.2) is 23.7 Å². The summed E-state index contributed by atoms with van der Waals surface area (Å²) in [7, 11) is -3.66. The normalized spacial score (nSPS) is 12.0. The van der Waals surface area contributed by atoms with Gasteiger partial charge in [-0.15, -0.1) is 0 Å². The first-order valence-corrected chi connectivity index (χ1v) is 6.95. The number of aromatic amines is 1. The molecule has 0 unspecified atom stereocenters. The number of H-pyrrole nitrogens is 1. The fourth-order valence-electron chi connectivity index (χ4n) is 1.39. The van der Waals surface area contributed by atoms with Crippen LogP contribution in [0, 0.1) is 6.92 Å². The summed E-state index contributed by atoms with van der Waals surface area (Å²) in [6.45, 7) is 5.63. The van der Waals surface area contributed by atoms with Crippen molar-refractivity contribution in [2.75, 3.05) is 4.72 Å². The summed E-state index contributed by atoms with van der Waals surface area (Å²) < 4.78 is 28.3. The van der Waals surface area contributed by atoms with Crippen LogP contribution in [0.3, 0.4) is 0 Å². The highest BCUT2D eigenvalue weighted by molar-refractivity contribution is 7.92. The quantitative estimate of drug-likeness (QED) is 0.874. The molecular weight excluding hydrogens is 254 g/mol. The van der Waals surface area contributed by atoms with Crippen LogP contribution in [0.5, 0.6) is 0 Å². The van der Waals surface area contributed by atoms with E-state index in [1.165, 1.54) is 18.7 Å². The molecule has 0 saturated heterocycles. The third-order valence-corrected chi connectivity index (χ3v) is 3.77. The van der Waals surface area contributed by atoms with Gasteiger partial charge in [0.25, 0.3) is 10.0 Å². The molecule has 18 heavy (non-hydrogen) atoms. The van der Waals surface area contributed by atoms with Crippen LogP contribution in [0.2, 0.25) is 0 Å². The maximum Gasteiger partial charge on any atom is 0.281 e. The van der Waals surface area contributed by atoms with Gasteiger partial charge in [0, 0.05) is 12.2 Å². The number of sulfonamides is 1. The van der Waals surface area contributed by atoms with E-state index in [1.54, 1.807) is 11.5 Å². The monoisotopic (exact) mass is 269 g/mol. The van der Waals surface area contributed by atoms with Crippen molar-refractivity contribution in [1.82, 2.24) is 19.7 Å². The molecule has 0 atom stereocenters. The first-order valence-electron chi connectivity index (χ1n) is 5.46. The molecule has 2 aromatic heterocycles. The van der Waals surface area contributed by atoms with Gasteiger partial charge in [0.15, 0.2) is 5.03 Å². The molecular formula is C10H15N5O2S. The molecule has 2 aromatic rings. The Kier molecular flexibility index (Phi) is 3.12. The second-order valence-electron chi connectivity index (χ2n) is 4.27. The number of nitrogens with one attached hydrogen (secondary N) is 2. The Balaban J connectivity index is 2.28. The minimum Gasteiger partial charge on any atom is -0.334 e. The summed E-state index contributed by atoms with van der Waals surface area (Å²) in [5, 5.41) is 6.42. The highest BCUT2D eigenvalue weighted by atomic mass is 32.2. The third kappa shape index (κ3) is 2.37. The predicted octanol–water partition coefficient (Wildman–Crippen LogP) is 1.30. The number of aryl methyl sites for hydroxylation is 1. The van der Waals surface area contributed by atoms with E-state index in [1.807, 2.05) is 13.8 Å². The van der Waals surface area contributed by atoms with Gasteiger partial charge in [-0.2, -0.15) is 13.5 Å². The molecule has 2 heterocycles. The molecule has 0 fully saturated rings. The predicted molar refractivity (Wildman–Crippen MR) is 66.7 cm³/mol. The van der Waals surface area contributed by atoms with Crippen LogP contribution in [0.1, 0.15) is 25.6 Å². The first kappa shape index (κ1) is 12.6. The van der Waals surface area contributed by atoms with Gasteiger partial charge in [0.2, 0.25) is 0 Å². The molecule has 2 rings (SSSR count). The number of aromatic nitrogens is 4. The number of hydrogen-bond acceptors (Lipinski definition) is 4. The lowest BCUT2D eigenvalue weighted by molar-refractivity contribution is 0.591. The van der Waals surface area contributed by atoms with Crippen LogP contribution in [0.25, 0.3) is 0 Å². The van der Waals surface area contributed by atoms with E-state index >= 15 is 0 Å². The summed E-state index contributed by atoms with van der Waals surface area (Å²) >= 11 is 0. The molecule has 2 N–H and O–H groups in total. The van der Waals surface area contributed by atoms with E-state index in [4.69, 9.17) is 0 Å². The maximum atomic E-state index is 12.1. The summed E-state index contributed by atoms with van der Waals surface area (Å²) in [4.78, 5) is 3.90. The molecule has 0 aliphatic rings. The average molecular weight is 269 g/mol. The highest BCUT2D eigenvalue weighted by Crippen LogP contribution is 2.17. The van der Waals surface area contributed by atoms with E-state index in [0.29, 0.717) is 11.4 Å². The van der Waals surface area contributed by atoms with E-state index in [-0.39, 0.29) is 11.1 Å². The van der Waals surface area contributed by atoms with Crippen molar-refractivity contribution in [3.63, 3.8) is 0 Å². The van der Waals surface area contributed by atoms with Gasteiger partial charge < -0.3 is 4.57 Å². The Hall–Kier alpha value is -1.83. The van der Waals surface area contributed by atoms with Crippen molar-refractivity contribution in [2.24, 2.45) is 0 Å². The van der Waals surface area contributed by atoms with Crippen LogP contribution < -0.4 is 4.72 Å². The van der Waals surface area contributed by atoms with Gasteiger partial charge in [-0.05, 0) is 20.8 Å². The zero-order valence-corrected chi connectivity index (χ0v) is 11.2. The van der Waals surface area contributed by atoms with Gasteiger partial charge in [0.05, 0.1) is 23.9 Å². The van der Waals surface area contributed by atoms with Gasteiger partial charge in [0.1, 0.15) is 0 Å². The smallest absolute Gasteiger partial charge is 0.281 e. The zero-order chi connectivity index (χ0) is 13.3. The third-order valence-electron chi connectivity index (χ3n) is 2.52. The first-order chi connectivity index (χ1) is 8.40. The molecule has 7 nitrogen and oxygen atoms in total. The second-order valence-corrected chi connectivity index (χ2v) is 5.90. The zero-order valence-electron chi connectivity index (χ0n) is 10.4. The minimum atomic E-state index is -3.66. The lowest BCUT2D eigenvalue weighted by Crippen LogP contribution is -2.13. The SMILES string of the molecule is Cc1[nH]ncc1NS(=O)(=O)c1cn(C(C)C)cn1. The maximum absolute atomic E-state index is 12.1. The molecule has 8 heteroatoms. The van der Waals surface area contributed by atoms with E-state index in [9.17, 15) is 8.42 Å². The molecule has 0 aliphatic heterocycles. The second kappa shape index (κ2) is 4.45. The fraction of sp³-hybridized carbons (Fsp3) is 0.400. The molecule has 0 aromatic carbocycles. The number of rotatable bonds is 4. The number of hydrogen-bond donors (Lipinski definition) is 2. The van der Waals surface area contributed by atoms with Gasteiger partial charge >= 0.3 is 0 Å². The van der Waals surface area contributed by atoms with Crippen molar-refractivity contribution in [2.45, 2.75) is 31.8 Å². The molecule has 0 radical (unpaired) electrons. The van der Waals surface area contributed by atoms with Gasteiger partial charge in [-0.3, -0.25) is 9.82 Å². The van der Waals surface area contributed by atoms with Crippen molar-refractivity contribution in [1.29, 1.82) is 0 Å². The molecule has 0 spiro atoms. The molecule has 0 aliphatic carbocycles. The average Bonchev–Trinajstić information content (AvgIpc) is 2.88. The summed E-state index contributed by atoms with van der Waals surface area (Å²) in [6, 6.07) is 0.164. The number of nitrogens with zero attached hydrogens (tertiary/aromatic N) is 3. The van der Waals surface area contributed by atoms with E-state index in [0.717, 1.165) is 0 Å². The van der Waals surface area contributed by atoms with Crippen LogP contribution in [-0.4, -0.2) is 28.2 Å². The summed E-state index contributed by atoms with van der Waals surface area (Å²) in [6.07, 6.45) is 4.43. The Morgan fingerprint density at radius 3 is 2.67 bits per heavy atom. The van der Waals surface area contributed by atoms with Crippen molar-refractivity contribution >= 4 is 15.7 Å². The largest absolute Gasteiger partial charge is 0.334 e. The Bertz CT molecular complexity index is 641. The Morgan fingerprint density at radius 2 is 2.17 bits per heavy atom. The topological polar surface area (TPSA) is 92.7 Å².